The molecule has 0 saturated carbocycles. The van der Waals surface area contributed by atoms with Gasteiger partial charge in [-0.15, -0.1) is 11.3 Å². The Labute approximate surface area is 165 Å². The molecule has 1 aromatic heterocycles. The van der Waals surface area contributed by atoms with Gasteiger partial charge in [0.05, 0.1) is 0 Å². The standard InChI is InChI=1S/C18H18N4O3S2/c23-15(19-13-5-2-1-3-6-13)10-11-17(25)21-22-18(26)20-16(24)9-8-14-7-4-12-27-14/h1-9,12H,10-11H2,(H,19,23)(H,21,25)(H2,20,22,24,26)/b9-8+. The Morgan fingerprint density at radius 1 is 0.963 bits per heavy atom. The Kier molecular flexibility index (Phi) is 8.14. The predicted octanol–water partition coefficient (Wildman–Crippen LogP) is 2.20. The number of thiocarbonyl (C=S) groups is 1. The van der Waals surface area contributed by atoms with E-state index in [9.17, 15) is 14.4 Å². The highest BCUT2D eigenvalue weighted by Crippen LogP contribution is 2.09. The Morgan fingerprint density at radius 3 is 2.41 bits per heavy atom. The Bertz CT molecular complexity index is 820. The lowest BCUT2D eigenvalue weighted by molar-refractivity contribution is -0.124. The largest absolute Gasteiger partial charge is 0.326 e. The van der Waals surface area contributed by atoms with E-state index in [0.29, 0.717) is 5.69 Å². The minimum Gasteiger partial charge on any atom is -0.326 e. The molecule has 2 aromatic rings. The quantitative estimate of drug-likeness (QED) is 0.337. The summed E-state index contributed by atoms with van der Waals surface area (Å²) < 4.78 is 0. The first-order valence-electron chi connectivity index (χ1n) is 7.99. The van der Waals surface area contributed by atoms with Gasteiger partial charge < -0.3 is 5.32 Å². The Morgan fingerprint density at radius 2 is 1.70 bits per heavy atom. The van der Waals surface area contributed by atoms with Gasteiger partial charge >= 0.3 is 0 Å². The van der Waals surface area contributed by atoms with Crippen molar-refractivity contribution >= 4 is 58.2 Å². The molecular formula is C18H18N4O3S2. The van der Waals surface area contributed by atoms with Crippen molar-refractivity contribution in [2.24, 2.45) is 0 Å². The number of hydrogen-bond acceptors (Lipinski definition) is 5. The van der Waals surface area contributed by atoms with E-state index >= 15 is 0 Å². The van der Waals surface area contributed by atoms with Gasteiger partial charge in [-0.05, 0) is 41.9 Å². The van der Waals surface area contributed by atoms with Gasteiger partial charge in [-0.1, -0.05) is 24.3 Å². The van der Waals surface area contributed by atoms with Crippen molar-refractivity contribution < 1.29 is 14.4 Å². The molecule has 0 fully saturated rings. The zero-order valence-corrected chi connectivity index (χ0v) is 15.9. The molecule has 0 spiro atoms. The van der Waals surface area contributed by atoms with E-state index < -0.39 is 11.8 Å². The highest BCUT2D eigenvalue weighted by Gasteiger charge is 2.08. The van der Waals surface area contributed by atoms with Crippen molar-refractivity contribution in [2.45, 2.75) is 12.8 Å². The first-order valence-corrected chi connectivity index (χ1v) is 9.28. The molecule has 0 unspecified atom stereocenters. The van der Waals surface area contributed by atoms with Gasteiger partial charge in [-0.3, -0.25) is 30.6 Å². The lowest BCUT2D eigenvalue weighted by Gasteiger charge is -2.09. The third kappa shape index (κ3) is 8.25. The number of rotatable bonds is 6. The summed E-state index contributed by atoms with van der Waals surface area (Å²) in [5.74, 6) is -1.12. The average molecular weight is 403 g/mol. The van der Waals surface area contributed by atoms with Crippen LogP contribution in [-0.2, 0) is 14.4 Å². The van der Waals surface area contributed by atoms with Crippen LogP contribution < -0.4 is 21.5 Å². The Balaban J connectivity index is 1.62. The predicted molar refractivity (Wildman–Crippen MR) is 110 cm³/mol. The summed E-state index contributed by atoms with van der Waals surface area (Å²) in [7, 11) is 0. The van der Waals surface area contributed by atoms with Gasteiger partial charge in [0.25, 0.3) is 0 Å². The number of carbonyl (C=O) groups excluding carboxylic acids is 3. The van der Waals surface area contributed by atoms with Gasteiger partial charge in [0, 0.05) is 29.5 Å². The molecule has 1 heterocycles. The average Bonchev–Trinajstić information content (AvgIpc) is 3.17. The highest BCUT2D eigenvalue weighted by molar-refractivity contribution is 7.80. The number of anilines is 1. The van der Waals surface area contributed by atoms with Crippen LogP contribution in [0.15, 0.2) is 53.9 Å². The van der Waals surface area contributed by atoms with Crippen LogP contribution in [0, 0.1) is 0 Å². The minimum atomic E-state index is -0.427. The third-order valence-electron chi connectivity index (χ3n) is 3.13. The second-order valence-corrected chi connectivity index (χ2v) is 6.64. The monoisotopic (exact) mass is 402 g/mol. The Hall–Kier alpha value is -3.04. The molecule has 2 rings (SSSR count). The molecule has 27 heavy (non-hydrogen) atoms. The summed E-state index contributed by atoms with van der Waals surface area (Å²) >= 11 is 6.42. The summed E-state index contributed by atoms with van der Waals surface area (Å²) in [6, 6.07) is 12.7. The summed E-state index contributed by atoms with van der Waals surface area (Å²) in [4.78, 5) is 36.1. The van der Waals surface area contributed by atoms with Crippen LogP contribution in [0.3, 0.4) is 0 Å². The summed E-state index contributed by atoms with van der Waals surface area (Å²) in [5, 5.41) is 6.94. The molecule has 9 heteroatoms. The molecule has 0 aliphatic carbocycles. The maximum Gasteiger partial charge on any atom is 0.250 e. The normalized spacial score (nSPS) is 10.2. The second-order valence-electron chi connectivity index (χ2n) is 5.25. The lowest BCUT2D eigenvalue weighted by atomic mass is 10.2. The van der Waals surface area contributed by atoms with Crippen molar-refractivity contribution in [1.29, 1.82) is 0 Å². The van der Waals surface area contributed by atoms with Crippen molar-refractivity contribution in [3.63, 3.8) is 0 Å². The van der Waals surface area contributed by atoms with Crippen LogP contribution in [0.4, 0.5) is 5.69 Å². The van der Waals surface area contributed by atoms with E-state index in [1.165, 1.54) is 17.4 Å². The SMILES string of the molecule is O=C(/C=C/c1cccs1)NC(=S)NNC(=O)CCC(=O)Nc1ccccc1. The van der Waals surface area contributed by atoms with Crippen LogP contribution in [0.2, 0.25) is 0 Å². The van der Waals surface area contributed by atoms with Gasteiger partial charge in [0.1, 0.15) is 0 Å². The molecular weight excluding hydrogens is 384 g/mol. The molecule has 0 atom stereocenters. The van der Waals surface area contributed by atoms with Crippen LogP contribution in [0.25, 0.3) is 6.08 Å². The number of hydrogen-bond donors (Lipinski definition) is 4. The molecule has 0 bridgehead atoms. The molecule has 4 N–H and O–H groups in total. The molecule has 0 radical (unpaired) electrons. The van der Waals surface area contributed by atoms with Crippen molar-refractivity contribution in [1.82, 2.24) is 16.2 Å². The van der Waals surface area contributed by atoms with Gasteiger partial charge in [-0.2, -0.15) is 0 Å². The topological polar surface area (TPSA) is 99.3 Å². The maximum absolute atomic E-state index is 11.8. The fourth-order valence-corrected chi connectivity index (χ4v) is 2.66. The number of thiophene rings is 1. The zero-order valence-electron chi connectivity index (χ0n) is 14.2. The minimum absolute atomic E-state index is 0.0189. The van der Waals surface area contributed by atoms with E-state index in [4.69, 9.17) is 12.2 Å². The number of carbonyl (C=O) groups is 3. The number of nitrogens with one attached hydrogen (secondary N) is 4. The number of benzene rings is 1. The van der Waals surface area contributed by atoms with Crippen molar-refractivity contribution in [3.8, 4) is 0 Å². The fourth-order valence-electron chi connectivity index (χ4n) is 1.89. The fraction of sp³-hybridized carbons (Fsp3) is 0.111. The third-order valence-corrected chi connectivity index (χ3v) is 4.17. The first-order chi connectivity index (χ1) is 13.0. The molecule has 0 aliphatic heterocycles. The summed E-state index contributed by atoms with van der Waals surface area (Å²) in [5.41, 5.74) is 5.41. The van der Waals surface area contributed by atoms with E-state index in [0.717, 1.165) is 4.88 Å². The van der Waals surface area contributed by atoms with Gasteiger partial charge in [-0.25, -0.2) is 0 Å². The molecule has 0 saturated heterocycles. The molecule has 7 nitrogen and oxygen atoms in total. The van der Waals surface area contributed by atoms with Crippen LogP contribution in [0.5, 0.6) is 0 Å². The van der Waals surface area contributed by atoms with E-state index in [-0.39, 0.29) is 23.9 Å². The maximum atomic E-state index is 11.8. The molecule has 0 aliphatic rings. The van der Waals surface area contributed by atoms with E-state index in [1.807, 2.05) is 23.6 Å². The zero-order chi connectivity index (χ0) is 19.5. The van der Waals surface area contributed by atoms with Crippen LogP contribution in [-0.4, -0.2) is 22.8 Å². The molecule has 1 aromatic carbocycles. The van der Waals surface area contributed by atoms with Crippen molar-refractivity contribution in [3.05, 3.63) is 58.8 Å². The summed E-state index contributed by atoms with van der Waals surface area (Å²) in [6.07, 6.45) is 2.99. The summed E-state index contributed by atoms with van der Waals surface area (Å²) in [6.45, 7) is 0. The second kappa shape index (κ2) is 10.8. The number of para-hydroxylation sites is 1. The van der Waals surface area contributed by atoms with Gasteiger partial charge in [0.2, 0.25) is 17.7 Å². The van der Waals surface area contributed by atoms with Crippen molar-refractivity contribution in [2.75, 3.05) is 5.32 Å². The number of hydrazine groups is 1. The highest BCUT2D eigenvalue weighted by atomic mass is 32.1. The first kappa shape index (κ1) is 20.3. The van der Waals surface area contributed by atoms with E-state index in [1.54, 1.807) is 30.3 Å². The van der Waals surface area contributed by atoms with Crippen LogP contribution in [0.1, 0.15) is 17.7 Å². The number of amides is 3. The smallest absolute Gasteiger partial charge is 0.250 e. The lowest BCUT2D eigenvalue weighted by Crippen LogP contribution is -2.48. The van der Waals surface area contributed by atoms with E-state index in [2.05, 4.69) is 21.5 Å². The molecule has 140 valence electrons. The van der Waals surface area contributed by atoms with Crippen LogP contribution >= 0.6 is 23.6 Å². The molecule has 3 amide bonds. The van der Waals surface area contributed by atoms with Gasteiger partial charge in [0.15, 0.2) is 5.11 Å².